The average molecular weight is 346 g/mol. The van der Waals surface area contributed by atoms with Crippen LogP contribution in [0.15, 0.2) is 15.9 Å². The fraction of sp³-hybridized carbons (Fsp3) is 0.643. The second-order valence-corrected chi connectivity index (χ2v) is 7.69. The van der Waals surface area contributed by atoms with Crippen LogP contribution in [0.4, 0.5) is 0 Å². The van der Waals surface area contributed by atoms with Gasteiger partial charge in [-0.05, 0) is 61.2 Å². The van der Waals surface area contributed by atoms with Gasteiger partial charge in [-0.3, -0.25) is 4.79 Å². The molecule has 2 rings (SSSR count). The van der Waals surface area contributed by atoms with Crippen LogP contribution in [0, 0.1) is 0 Å². The molecule has 0 aliphatic carbocycles. The number of nitrogens with zero attached hydrogens (tertiary/aromatic N) is 1. The molecule has 1 aliphatic rings. The van der Waals surface area contributed by atoms with Crippen molar-refractivity contribution in [1.29, 1.82) is 0 Å². The summed E-state index contributed by atoms with van der Waals surface area (Å²) in [6.07, 6.45) is 2.59. The Balaban J connectivity index is 2.12. The standard InChI is InChI=1S/C14H20BrNO2S/c1-9(12-6-7-13(15)19-12)14(18)16-8-4-3-5-11(16)10(2)17/h6-7,9-11,17H,3-5,8H2,1-2H3. The lowest BCUT2D eigenvalue weighted by molar-refractivity contribution is -0.138. The van der Waals surface area contributed by atoms with Crippen LogP contribution in [-0.4, -0.2) is 34.6 Å². The molecule has 1 amide bonds. The zero-order chi connectivity index (χ0) is 14.0. The van der Waals surface area contributed by atoms with Crippen LogP contribution < -0.4 is 0 Å². The maximum atomic E-state index is 12.6. The van der Waals surface area contributed by atoms with E-state index >= 15 is 0 Å². The highest BCUT2D eigenvalue weighted by atomic mass is 79.9. The Hall–Kier alpha value is -0.390. The maximum Gasteiger partial charge on any atom is 0.231 e. The van der Waals surface area contributed by atoms with E-state index in [4.69, 9.17) is 0 Å². The normalized spacial score (nSPS) is 23.2. The van der Waals surface area contributed by atoms with Crippen LogP contribution in [-0.2, 0) is 4.79 Å². The summed E-state index contributed by atoms with van der Waals surface area (Å²) in [5.41, 5.74) is 0. The zero-order valence-corrected chi connectivity index (χ0v) is 13.7. The van der Waals surface area contributed by atoms with E-state index in [2.05, 4.69) is 15.9 Å². The van der Waals surface area contributed by atoms with E-state index in [0.29, 0.717) is 0 Å². The molecular weight excluding hydrogens is 326 g/mol. The van der Waals surface area contributed by atoms with Crippen molar-refractivity contribution < 1.29 is 9.90 Å². The molecule has 2 heterocycles. The van der Waals surface area contributed by atoms with Crippen molar-refractivity contribution in [3.63, 3.8) is 0 Å². The van der Waals surface area contributed by atoms with Crippen molar-refractivity contribution in [1.82, 2.24) is 4.90 Å². The van der Waals surface area contributed by atoms with Crippen molar-refractivity contribution in [2.45, 2.75) is 51.2 Å². The number of amides is 1. The molecule has 0 spiro atoms. The quantitative estimate of drug-likeness (QED) is 0.912. The first-order chi connectivity index (χ1) is 9.00. The molecule has 0 radical (unpaired) electrons. The molecule has 106 valence electrons. The first-order valence-electron chi connectivity index (χ1n) is 6.74. The third-order valence-corrected chi connectivity index (χ3v) is 5.59. The van der Waals surface area contributed by atoms with Gasteiger partial charge in [0.25, 0.3) is 0 Å². The number of hydrogen-bond donors (Lipinski definition) is 1. The Morgan fingerprint density at radius 1 is 1.47 bits per heavy atom. The van der Waals surface area contributed by atoms with Crippen LogP contribution in [0.2, 0.25) is 0 Å². The van der Waals surface area contributed by atoms with E-state index in [1.165, 1.54) is 0 Å². The topological polar surface area (TPSA) is 40.5 Å². The molecule has 5 heteroatoms. The number of carbonyl (C=O) groups is 1. The van der Waals surface area contributed by atoms with E-state index in [0.717, 1.165) is 34.5 Å². The number of likely N-dealkylation sites (tertiary alicyclic amines) is 1. The van der Waals surface area contributed by atoms with E-state index in [1.807, 2.05) is 24.0 Å². The minimum Gasteiger partial charge on any atom is -0.391 e. The van der Waals surface area contributed by atoms with Crippen molar-refractivity contribution >= 4 is 33.2 Å². The first-order valence-corrected chi connectivity index (χ1v) is 8.35. The van der Waals surface area contributed by atoms with E-state index in [9.17, 15) is 9.90 Å². The molecule has 3 atom stereocenters. The van der Waals surface area contributed by atoms with E-state index in [1.54, 1.807) is 18.3 Å². The van der Waals surface area contributed by atoms with Crippen LogP contribution in [0.5, 0.6) is 0 Å². The predicted molar refractivity (Wildman–Crippen MR) is 81.5 cm³/mol. The molecule has 1 aromatic heterocycles. The molecule has 0 bridgehead atoms. The highest BCUT2D eigenvalue weighted by Crippen LogP contribution is 2.31. The lowest BCUT2D eigenvalue weighted by Gasteiger charge is -2.38. The SMILES string of the molecule is CC(C(=O)N1CCCCC1C(C)O)c1ccc(Br)s1. The van der Waals surface area contributed by atoms with Gasteiger partial charge in [0, 0.05) is 11.4 Å². The van der Waals surface area contributed by atoms with E-state index in [-0.39, 0.29) is 17.9 Å². The van der Waals surface area contributed by atoms with Gasteiger partial charge < -0.3 is 10.0 Å². The second-order valence-electron chi connectivity index (χ2n) is 5.20. The number of halogens is 1. The number of carbonyl (C=O) groups excluding carboxylic acids is 1. The number of hydrogen-bond acceptors (Lipinski definition) is 3. The van der Waals surface area contributed by atoms with Gasteiger partial charge in [-0.25, -0.2) is 0 Å². The predicted octanol–water partition coefficient (Wildman–Crippen LogP) is 3.38. The Morgan fingerprint density at radius 2 is 2.21 bits per heavy atom. The Morgan fingerprint density at radius 3 is 2.79 bits per heavy atom. The highest BCUT2D eigenvalue weighted by molar-refractivity contribution is 9.11. The summed E-state index contributed by atoms with van der Waals surface area (Å²) >= 11 is 5.04. The minimum atomic E-state index is -0.452. The molecule has 3 unspecified atom stereocenters. The number of rotatable bonds is 3. The molecular formula is C14H20BrNO2S. The highest BCUT2D eigenvalue weighted by Gasteiger charge is 2.33. The van der Waals surface area contributed by atoms with Gasteiger partial charge in [-0.15, -0.1) is 11.3 Å². The van der Waals surface area contributed by atoms with Crippen molar-refractivity contribution in [3.05, 3.63) is 20.8 Å². The van der Waals surface area contributed by atoms with Crippen LogP contribution in [0.25, 0.3) is 0 Å². The smallest absolute Gasteiger partial charge is 0.231 e. The summed E-state index contributed by atoms with van der Waals surface area (Å²) in [6, 6.07) is 3.96. The summed E-state index contributed by atoms with van der Waals surface area (Å²) in [6.45, 7) is 4.50. The first kappa shape index (κ1) is 15.0. The van der Waals surface area contributed by atoms with Gasteiger partial charge in [0.05, 0.1) is 21.9 Å². The molecule has 1 N–H and O–H groups in total. The van der Waals surface area contributed by atoms with Gasteiger partial charge >= 0.3 is 0 Å². The third-order valence-electron chi connectivity index (χ3n) is 3.78. The van der Waals surface area contributed by atoms with Crippen molar-refractivity contribution in [3.8, 4) is 0 Å². The Bertz CT molecular complexity index is 446. The fourth-order valence-electron chi connectivity index (χ4n) is 2.66. The van der Waals surface area contributed by atoms with Crippen molar-refractivity contribution in [2.24, 2.45) is 0 Å². The van der Waals surface area contributed by atoms with Gasteiger partial charge in [-0.2, -0.15) is 0 Å². The Labute approximate surface area is 126 Å². The van der Waals surface area contributed by atoms with Gasteiger partial charge in [0.15, 0.2) is 0 Å². The summed E-state index contributed by atoms with van der Waals surface area (Å²) < 4.78 is 1.05. The van der Waals surface area contributed by atoms with Crippen LogP contribution in [0.3, 0.4) is 0 Å². The number of thiophene rings is 1. The number of aliphatic hydroxyl groups is 1. The molecule has 3 nitrogen and oxygen atoms in total. The molecule has 0 aromatic carbocycles. The van der Waals surface area contributed by atoms with E-state index < -0.39 is 6.10 Å². The second kappa shape index (κ2) is 6.37. The number of piperidine rings is 1. The lowest BCUT2D eigenvalue weighted by atomic mass is 9.96. The molecule has 1 saturated heterocycles. The minimum absolute atomic E-state index is 0.0212. The maximum absolute atomic E-state index is 12.6. The van der Waals surface area contributed by atoms with Crippen molar-refractivity contribution in [2.75, 3.05) is 6.54 Å². The average Bonchev–Trinajstić information content (AvgIpc) is 2.83. The molecule has 19 heavy (non-hydrogen) atoms. The molecule has 1 fully saturated rings. The third kappa shape index (κ3) is 3.38. The Kier molecular flexibility index (Phi) is 5.03. The zero-order valence-electron chi connectivity index (χ0n) is 11.3. The number of aliphatic hydroxyl groups excluding tert-OH is 1. The summed E-state index contributed by atoms with van der Waals surface area (Å²) in [5, 5.41) is 9.85. The fourth-order valence-corrected chi connectivity index (χ4v) is 4.13. The molecule has 1 aliphatic heterocycles. The largest absolute Gasteiger partial charge is 0.391 e. The lowest BCUT2D eigenvalue weighted by Crippen LogP contribution is -2.50. The summed E-state index contributed by atoms with van der Waals surface area (Å²) in [5.74, 6) is 0.00981. The van der Waals surface area contributed by atoms with Crippen LogP contribution >= 0.6 is 27.3 Å². The molecule has 0 saturated carbocycles. The van der Waals surface area contributed by atoms with Gasteiger partial charge in [0.2, 0.25) is 5.91 Å². The summed E-state index contributed by atoms with van der Waals surface area (Å²) in [4.78, 5) is 15.6. The monoisotopic (exact) mass is 345 g/mol. The molecule has 1 aromatic rings. The summed E-state index contributed by atoms with van der Waals surface area (Å²) in [7, 11) is 0. The van der Waals surface area contributed by atoms with Crippen LogP contribution in [0.1, 0.15) is 43.9 Å². The van der Waals surface area contributed by atoms with Gasteiger partial charge in [0.1, 0.15) is 0 Å². The van der Waals surface area contributed by atoms with Gasteiger partial charge in [-0.1, -0.05) is 0 Å².